The fourth-order valence-corrected chi connectivity index (χ4v) is 1.95. The number of ether oxygens (including phenoxy) is 1. The van der Waals surface area contributed by atoms with Crippen LogP contribution in [-0.4, -0.2) is 69.2 Å². The summed E-state index contributed by atoms with van der Waals surface area (Å²) in [4.78, 5) is 0. The molecule has 0 aliphatic carbocycles. The van der Waals surface area contributed by atoms with Crippen LogP contribution in [0.2, 0.25) is 0 Å². The molecule has 4 fully saturated rings. The van der Waals surface area contributed by atoms with E-state index in [1.54, 1.807) is 0 Å². The Bertz CT molecular complexity index is 332. The Hall–Kier alpha value is -0.295. The molecule has 4 rings (SSSR count). The second kappa shape index (κ2) is 2.75. The summed E-state index contributed by atoms with van der Waals surface area (Å²) in [5.74, 6) is -7.18. The van der Waals surface area contributed by atoms with E-state index < -0.39 is 43.7 Å². The van der Waals surface area contributed by atoms with E-state index in [1.165, 1.54) is 0 Å². The van der Waals surface area contributed by atoms with Crippen LogP contribution in [0.3, 0.4) is 0 Å². The van der Waals surface area contributed by atoms with Crippen molar-refractivity contribution in [2.75, 3.05) is 6.61 Å². The lowest BCUT2D eigenvalue weighted by Gasteiger charge is -2.52. The van der Waals surface area contributed by atoms with Gasteiger partial charge in [-0.1, -0.05) is 0 Å². The highest BCUT2D eigenvalue weighted by Gasteiger charge is 2.85. The van der Waals surface area contributed by atoms with Gasteiger partial charge >= 0.3 is 13.3 Å². The number of aliphatic hydroxyl groups is 5. The molecule has 4 aliphatic heterocycles. The van der Waals surface area contributed by atoms with Crippen LogP contribution in [0, 0.1) is 0 Å². The molecule has 4 aliphatic rings. The second-order valence-electron chi connectivity index (χ2n) is 3.89. The van der Waals surface area contributed by atoms with Crippen LogP contribution in [0.15, 0.2) is 0 Å². The molecule has 0 aromatic heterocycles. The third-order valence-electron chi connectivity index (χ3n) is 2.92. The fourth-order valence-electron chi connectivity index (χ4n) is 1.95. The number of rotatable bonds is 1. The van der Waals surface area contributed by atoms with Gasteiger partial charge in [-0.05, 0) is 0 Å². The van der Waals surface area contributed by atoms with Crippen LogP contribution in [0.4, 0.5) is 0 Å². The van der Waals surface area contributed by atoms with Gasteiger partial charge in [0, 0.05) is 0 Å². The van der Waals surface area contributed by atoms with Gasteiger partial charge in [0.25, 0.3) is 5.79 Å². The van der Waals surface area contributed by atoms with Gasteiger partial charge in [0.2, 0.25) is 5.79 Å². The number of aliphatic hydroxyl groups excluding tert-OH is 3. The topological polar surface area (TPSA) is 138 Å². The van der Waals surface area contributed by atoms with Crippen molar-refractivity contribution in [3.05, 3.63) is 0 Å². The first-order valence-electron chi connectivity index (χ1n) is 4.52. The zero-order valence-corrected chi connectivity index (χ0v) is 7.81. The molecule has 0 radical (unpaired) electrons. The summed E-state index contributed by atoms with van der Waals surface area (Å²) in [6, 6.07) is 0. The Morgan fingerprint density at radius 3 is 2.25 bits per heavy atom. The van der Waals surface area contributed by atoms with E-state index in [9.17, 15) is 20.4 Å². The molecule has 2 bridgehead atoms. The number of hydrogen-bond donors (Lipinski definition) is 5. The van der Waals surface area contributed by atoms with Crippen molar-refractivity contribution in [3.63, 3.8) is 0 Å². The highest BCUT2D eigenvalue weighted by molar-refractivity contribution is 6.40. The Kier molecular flexibility index (Phi) is 1.86. The van der Waals surface area contributed by atoms with Gasteiger partial charge in [-0.3, -0.25) is 4.74 Å². The van der Waals surface area contributed by atoms with Crippen molar-refractivity contribution in [2.45, 2.75) is 29.8 Å². The Morgan fingerprint density at radius 2 is 1.69 bits per heavy atom. The lowest BCUT2D eigenvalue weighted by atomic mass is 9.92. The van der Waals surface area contributed by atoms with Crippen LogP contribution in [0.1, 0.15) is 0 Å². The highest BCUT2D eigenvalue weighted by atomic mass is 17.1. The number of hydrogen-bond acceptors (Lipinski definition) is 9. The first-order valence-corrected chi connectivity index (χ1v) is 4.52. The molecule has 90 valence electrons. The predicted molar refractivity (Wildman–Crippen MR) is 41.8 cm³/mol. The quantitative estimate of drug-likeness (QED) is 0.287. The minimum absolute atomic E-state index is 1.03. The molecule has 4 saturated heterocycles. The van der Waals surface area contributed by atoms with Crippen molar-refractivity contribution >= 4 is 7.32 Å². The lowest BCUT2D eigenvalue weighted by molar-refractivity contribution is -0.525. The van der Waals surface area contributed by atoms with E-state index >= 15 is 0 Å². The lowest BCUT2D eigenvalue weighted by Crippen LogP contribution is -2.77. The summed E-state index contributed by atoms with van der Waals surface area (Å²) in [7, 11) is -1.24. The molecule has 0 unspecified atom stereocenters. The summed E-state index contributed by atoms with van der Waals surface area (Å²) in [5, 5.41) is 47.6. The zero-order valence-electron chi connectivity index (χ0n) is 7.81. The van der Waals surface area contributed by atoms with Crippen molar-refractivity contribution in [3.8, 4) is 0 Å². The summed E-state index contributed by atoms with van der Waals surface area (Å²) in [6.07, 6.45) is -3.95. The average Bonchev–Trinajstić information content (AvgIpc) is 2.63. The van der Waals surface area contributed by atoms with Crippen molar-refractivity contribution in [2.24, 2.45) is 0 Å². The van der Waals surface area contributed by atoms with E-state index in [-0.39, 0.29) is 0 Å². The molecule has 10 heteroatoms. The van der Waals surface area contributed by atoms with Gasteiger partial charge in [0.15, 0.2) is 0 Å². The van der Waals surface area contributed by atoms with E-state index in [0.29, 0.717) is 0 Å². The predicted octanol–water partition coefficient (Wildman–Crippen LogP) is -4.18. The van der Waals surface area contributed by atoms with Gasteiger partial charge in [0.05, 0.1) is 0 Å². The fraction of sp³-hybridized carbons (Fsp3) is 1.00. The van der Waals surface area contributed by atoms with Gasteiger partial charge < -0.3 is 39.5 Å². The summed E-state index contributed by atoms with van der Waals surface area (Å²) >= 11 is 0. The van der Waals surface area contributed by atoms with Crippen molar-refractivity contribution in [1.82, 2.24) is 0 Å². The average molecular weight is 236 g/mol. The summed E-state index contributed by atoms with van der Waals surface area (Å²) in [6.45, 7) is -1.03. The maximum absolute atomic E-state index is 9.88. The van der Waals surface area contributed by atoms with E-state index in [4.69, 9.17) is 23.8 Å². The van der Waals surface area contributed by atoms with Crippen LogP contribution in [-0.2, 0) is 18.7 Å². The van der Waals surface area contributed by atoms with E-state index in [2.05, 4.69) is 0 Å². The maximum atomic E-state index is 9.88. The van der Waals surface area contributed by atoms with Gasteiger partial charge in [-0.25, -0.2) is 0 Å². The van der Waals surface area contributed by atoms with Crippen LogP contribution in [0.5, 0.6) is 0 Å². The first kappa shape index (κ1) is 10.8. The Balaban J connectivity index is 2.01. The Labute approximate surface area is 88.9 Å². The highest BCUT2D eigenvalue weighted by Crippen LogP contribution is 2.55. The minimum Gasteiger partial charge on any atom is -0.391 e. The molecule has 4 heterocycles. The molecule has 0 aromatic rings. The maximum Gasteiger partial charge on any atom is 0.649 e. The Morgan fingerprint density at radius 1 is 1.06 bits per heavy atom. The summed E-state index contributed by atoms with van der Waals surface area (Å²) < 4.78 is 19.1. The zero-order chi connectivity index (χ0) is 11.8. The molecular formula is C6H9BO9. The normalized spacial score (nSPS) is 59.4. The second-order valence-corrected chi connectivity index (χ2v) is 3.89. The molecule has 0 amide bonds. The molecule has 16 heavy (non-hydrogen) atoms. The monoisotopic (exact) mass is 236 g/mol. The van der Waals surface area contributed by atoms with Gasteiger partial charge in [-0.2, -0.15) is 0 Å². The minimum atomic E-state index is -2.51. The largest absolute Gasteiger partial charge is 0.649 e. The van der Waals surface area contributed by atoms with Crippen LogP contribution >= 0.6 is 0 Å². The third kappa shape index (κ3) is 0.933. The van der Waals surface area contributed by atoms with Crippen molar-refractivity contribution in [1.29, 1.82) is 0 Å². The molecule has 4 atom stereocenters. The third-order valence-corrected chi connectivity index (χ3v) is 2.92. The van der Waals surface area contributed by atoms with Crippen LogP contribution < -0.4 is 0 Å². The van der Waals surface area contributed by atoms with E-state index in [1.807, 2.05) is 0 Å². The molecular weight excluding hydrogens is 227 g/mol. The molecule has 0 aromatic carbocycles. The van der Waals surface area contributed by atoms with Gasteiger partial charge in [0.1, 0.15) is 18.8 Å². The molecule has 0 saturated carbocycles. The summed E-state index contributed by atoms with van der Waals surface area (Å²) in [5.41, 5.74) is 0. The van der Waals surface area contributed by atoms with Crippen molar-refractivity contribution < 1.29 is 44.2 Å². The van der Waals surface area contributed by atoms with E-state index in [0.717, 1.165) is 0 Å². The molecule has 5 N–H and O–H groups in total. The SMILES string of the molecule is OC[C@]1(O)OC23OB(O2)O[C@]3(O)[C@@H](O)[C@@H]1O. The standard InChI is InChI=1S/C6H9BO9/c8-1-4(11)2(9)3(10)5(12)6(13-4)15-7(14-5)16-6/h2-3,8-12H,1H2/t2-,3-,4-,5+/m0/s1. The smallest absolute Gasteiger partial charge is 0.391 e. The molecule has 9 nitrogen and oxygen atoms in total. The van der Waals surface area contributed by atoms with Gasteiger partial charge in [-0.15, -0.1) is 0 Å². The first-order chi connectivity index (χ1) is 7.37. The molecule has 1 spiro atoms. The van der Waals surface area contributed by atoms with Crippen LogP contribution in [0.25, 0.3) is 0 Å².